The van der Waals surface area contributed by atoms with E-state index >= 15 is 0 Å². The number of anilines is 1. The number of halogens is 4. The van der Waals surface area contributed by atoms with Gasteiger partial charge in [-0.25, -0.2) is 4.39 Å². The molecule has 0 saturated carbocycles. The third kappa shape index (κ3) is 3.25. The molecule has 1 N–H and O–H groups in total. The number of hydrogen-bond donors (Lipinski definition) is 1. The Balaban J connectivity index is 2.16. The molecule has 0 atom stereocenters. The van der Waals surface area contributed by atoms with Crippen molar-refractivity contribution >= 4 is 22.4 Å². The van der Waals surface area contributed by atoms with Crippen molar-refractivity contribution in [2.75, 3.05) is 5.32 Å². The quantitative estimate of drug-likeness (QED) is 0.866. The van der Waals surface area contributed by atoms with Gasteiger partial charge in [0.2, 0.25) is 5.13 Å². The van der Waals surface area contributed by atoms with Crippen LogP contribution in [0.15, 0.2) is 24.3 Å². The van der Waals surface area contributed by atoms with Crippen molar-refractivity contribution in [3.05, 3.63) is 30.1 Å². The smallest absolute Gasteiger partial charge is 0.293 e. The largest absolute Gasteiger partial charge is 0.471 e. The number of aromatic nitrogens is 2. The zero-order valence-corrected chi connectivity index (χ0v) is 9.85. The molecule has 1 aromatic carbocycles. The Morgan fingerprint density at radius 2 is 1.79 bits per heavy atom. The molecule has 0 bridgehead atoms. The third-order valence-corrected chi connectivity index (χ3v) is 2.88. The minimum Gasteiger partial charge on any atom is -0.293 e. The molecular weight excluding hydrogens is 286 g/mol. The molecule has 0 saturated heterocycles. The molecule has 1 aromatic heterocycles. The van der Waals surface area contributed by atoms with E-state index in [4.69, 9.17) is 0 Å². The van der Waals surface area contributed by atoms with E-state index in [2.05, 4.69) is 10.2 Å². The molecule has 1 heterocycles. The van der Waals surface area contributed by atoms with Crippen LogP contribution in [0.3, 0.4) is 0 Å². The van der Waals surface area contributed by atoms with Crippen LogP contribution >= 0.6 is 11.3 Å². The molecule has 0 fully saturated rings. The molecule has 0 aliphatic carbocycles. The zero-order valence-electron chi connectivity index (χ0n) is 9.03. The van der Waals surface area contributed by atoms with Gasteiger partial charge in [0.15, 0.2) is 0 Å². The lowest BCUT2D eigenvalue weighted by Gasteiger charge is -2.03. The first-order valence-corrected chi connectivity index (χ1v) is 5.65. The summed E-state index contributed by atoms with van der Waals surface area (Å²) in [5.74, 6) is -2.56. The molecule has 0 aliphatic heterocycles. The first kappa shape index (κ1) is 13.4. The monoisotopic (exact) mass is 291 g/mol. The van der Waals surface area contributed by atoms with Crippen LogP contribution in [0, 0.1) is 5.82 Å². The first-order valence-electron chi connectivity index (χ1n) is 4.84. The first-order chi connectivity index (χ1) is 8.86. The minimum absolute atomic E-state index is 0.275. The fraction of sp³-hybridized carbons (Fsp3) is 0.100. The van der Waals surface area contributed by atoms with Crippen LogP contribution in [0.5, 0.6) is 0 Å². The number of alkyl halides is 3. The summed E-state index contributed by atoms with van der Waals surface area (Å²) in [6, 6.07) is 5.19. The van der Waals surface area contributed by atoms with Gasteiger partial charge in [-0.15, -0.1) is 10.2 Å². The van der Waals surface area contributed by atoms with Gasteiger partial charge in [-0.05, 0) is 24.3 Å². The predicted molar refractivity (Wildman–Crippen MR) is 60.0 cm³/mol. The Morgan fingerprint density at radius 1 is 1.16 bits per heavy atom. The number of hydrogen-bond acceptors (Lipinski definition) is 4. The van der Waals surface area contributed by atoms with Crippen molar-refractivity contribution in [1.82, 2.24) is 10.2 Å². The topological polar surface area (TPSA) is 54.9 Å². The zero-order chi connectivity index (χ0) is 14.0. The molecule has 9 heteroatoms. The number of rotatable bonds is 2. The van der Waals surface area contributed by atoms with Crippen molar-refractivity contribution in [3.8, 4) is 10.6 Å². The second-order valence-electron chi connectivity index (χ2n) is 3.37. The number of nitrogens with one attached hydrogen (secondary N) is 1. The maximum absolute atomic E-state index is 12.7. The highest BCUT2D eigenvalue weighted by Crippen LogP contribution is 2.27. The van der Waals surface area contributed by atoms with Crippen molar-refractivity contribution in [3.63, 3.8) is 0 Å². The Labute approximate surface area is 108 Å². The number of nitrogens with zero attached hydrogens (tertiary/aromatic N) is 2. The average molecular weight is 291 g/mol. The van der Waals surface area contributed by atoms with Gasteiger partial charge >= 0.3 is 12.1 Å². The van der Waals surface area contributed by atoms with Crippen LogP contribution in [-0.2, 0) is 4.79 Å². The van der Waals surface area contributed by atoms with E-state index in [9.17, 15) is 22.4 Å². The Hall–Kier alpha value is -2.03. The maximum atomic E-state index is 12.7. The van der Waals surface area contributed by atoms with Crippen LogP contribution in [0.4, 0.5) is 22.7 Å². The van der Waals surface area contributed by atoms with Crippen LogP contribution in [0.2, 0.25) is 0 Å². The molecule has 100 valence electrons. The van der Waals surface area contributed by atoms with Crippen molar-refractivity contribution in [2.45, 2.75) is 6.18 Å². The van der Waals surface area contributed by atoms with Gasteiger partial charge in [-0.2, -0.15) is 13.2 Å². The average Bonchev–Trinajstić information content (AvgIpc) is 2.77. The van der Waals surface area contributed by atoms with E-state index in [1.54, 1.807) is 5.32 Å². The highest BCUT2D eigenvalue weighted by Gasteiger charge is 2.39. The van der Waals surface area contributed by atoms with Crippen molar-refractivity contribution in [2.24, 2.45) is 0 Å². The lowest BCUT2D eigenvalue weighted by atomic mass is 10.2. The Morgan fingerprint density at radius 3 is 2.37 bits per heavy atom. The second kappa shape index (κ2) is 4.92. The van der Waals surface area contributed by atoms with E-state index in [1.807, 2.05) is 0 Å². The van der Waals surface area contributed by atoms with Crippen LogP contribution in [0.1, 0.15) is 0 Å². The van der Waals surface area contributed by atoms with Crippen molar-refractivity contribution in [1.29, 1.82) is 0 Å². The summed E-state index contributed by atoms with van der Waals surface area (Å²) < 4.78 is 48.7. The van der Waals surface area contributed by atoms with E-state index < -0.39 is 17.9 Å². The minimum atomic E-state index is -4.98. The van der Waals surface area contributed by atoms with Gasteiger partial charge in [0.25, 0.3) is 0 Å². The van der Waals surface area contributed by atoms with Gasteiger partial charge in [-0.3, -0.25) is 10.1 Å². The Bertz CT molecular complexity index is 594. The van der Waals surface area contributed by atoms with E-state index in [0.29, 0.717) is 5.56 Å². The molecule has 0 aliphatic rings. The summed E-state index contributed by atoms with van der Waals surface area (Å²) in [6.45, 7) is 0. The third-order valence-electron chi connectivity index (χ3n) is 1.99. The number of benzene rings is 1. The highest BCUT2D eigenvalue weighted by molar-refractivity contribution is 7.18. The fourth-order valence-corrected chi connectivity index (χ4v) is 1.89. The normalized spacial score (nSPS) is 11.4. The summed E-state index contributed by atoms with van der Waals surface area (Å²) in [6.07, 6.45) is -4.98. The van der Waals surface area contributed by atoms with E-state index in [0.717, 1.165) is 11.3 Å². The number of amides is 1. The highest BCUT2D eigenvalue weighted by atomic mass is 32.1. The maximum Gasteiger partial charge on any atom is 0.471 e. The molecule has 0 radical (unpaired) electrons. The predicted octanol–water partition coefficient (Wildman–Crippen LogP) is 2.85. The van der Waals surface area contributed by atoms with Gasteiger partial charge in [-0.1, -0.05) is 11.3 Å². The summed E-state index contributed by atoms with van der Waals surface area (Å²) >= 11 is 0.760. The second-order valence-corrected chi connectivity index (χ2v) is 4.35. The molecule has 0 spiro atoms. The van der Waals surface area contributed by atoms with Gasteiger partial charge < -0.3 is 0 Å². The van der Waals surface area contributed by atoms with E-state index in [-0.39, 0.29) is 10.1 Å². The molecule has 2 rings (SSSR count). The molecule has 19 heavy (non-hydrogen) atoms. The molecule has 2 aromatic rings. The SMILES string of the molecule is O=C(Nc1nnc(-c2ccc(F)cc2)s1)C(F)(F)F. The summed E-state index contributed by atoms with van der Waals surface area (Å²) in [7, 11) is 0. The van der Waals surface area contributed by atoms with Gasteiger partial charge in [0.05, 0.1) is 0 Å². The van der Waals surface area contributed by atoms with Crippen LogP contribution in [-0.4, -0.2) is 22.3 Å². The molecular formula is C10H5F4N3OS. The standard InChI is InChI=1S/C10H5F4N3OS/c11-6-3-1-5(2-4-6)7-16-17-9(19-7)15-8(18)10(12,13)14/h1-4H,(H,15,17,18). The lowest BCUT2D eigenvalue weighted by molar-refractivity contribution is -0.167. The van der Waals surface area contributed by atoms with Gasteiger partial charge in [0.1, 0.15) is 10.8 Å². The fourth-order valence-electron chi connectivity index (χ4n) is 1.15. The number of carbonyl (C=O) groups excluding carboxylic acids is 1. The molecule has 0 unspecified atom stereocenters. The van der Waals surface area contributed by atoms with Gasteiger partial charge in [0, 0.05) is 5.56 Å². The lowest BCUT2D eigenvalue weighted by Crippen LogP contribution is -2.29. The van der Waals surface area contributed by atoms with Crippen molar-refractivity contribution < 1.29 is 22.4 Å². The molecule has 1 amide bonds. The summed E-state index contributed by atoms with van der Waals surface area (Å²) in [5, 5.41) is 8.62. The van der Waals surface area contributed by atoms with E-state index in [1.165, 1.54) is 24.3 Å². The summed E-state index contributed by atoms with van der Waals surface area (Å²) in [4.78, 5) is 10.7. The molecule has 4 nitrogen and oxygen atoms in total. The van der Waals surface area contributed by atoms with Crippen LogP contribution < -0.4 is 5.32 Å². The number of carbonyl (C=O) groups is 1. The Kier molecular flexibility index (Phi) is 3.47. The summed E-state index contributed by atoms with van der Waals surface area (Å²) in [5.41, 5.74) is 0.492. The van der Waals surface area contributed by atoms with Crippen LogP contribution in [0.25, 0.3) is 10.6 Å².